The molecule has 1 aromatic rings. The first kappa shape index (κ1) is 15.0. The first-order valence-corrected chi connectivity index (χ1v) is 6.43. The van der Waals surface area contributed by atoms with E-state index in [4.69, 9.17) is 4.74 Å². The highest BCUT2D eigenvalue weighted by Crippen LogP contribution is 2.30. The minimum absolute atomic E-state index is 0.0523. The van der Waals surface area contributed by atoms with Crippen molar-refractivity contribution in [2.24, 2.45) is 5.92 Å². The number of methoxy groups -OCH3 is 1. The highest BCUT2D eigenvalue weighted by molar-refractivity contribution is 5.44. The van der Waals surface area contributed by atoms with Gasteiger partial charge in [0.05, 0.1) is 13.2 Å². The molecule has 0 heterocycles. The van der Waals surface area contributed by atoms with Gasteiger partial charge in [-0.05, 0) is 49.6 Å². The fourth-order valence-electron chi connectivity index (χ4n) is 2.41. The Balaban J connectivity index is 3.13. The molecule has 1 aromatic carbocycles. The third-order valence-electron chi connectivity index (χ3n) is 3.71. The quantitative estimate of drug-likeness (QED) is 0.845. The third-order valence-corrected chi connectivity index (χ3v) is 3.71. The zero-order valence-corrected chi connectivity index (χ0v) is 12.2. The Morgan fingerprint density at radius 2 is 1.78 bits per heavy atom. The van der Waals surface area contributed by atoms with Crippen LogP contribution in [0.1, 0.15) is 36.6 Å². The average Bonchev–Trinajstić information content (AvgIpc) is 2.32. The monoisotopic (exact) mass is 251 g/mol. The Bertz CT molecular complexity index is 402. The van der Waals surface area contributed by atoms with Crippen LogP contribution in [0.25, 0.3) is 0 Å². The molecule has 0 aliphatic heterocycles. The SMILES string of the molecule is CNC(C(C)C)C(O)c1ccc(OC)c(C)c1C. The molecule has 0 bridgehead atoms. The van der Waals surface area contributed by atoms with Crippen molar-refractivity contribution in [2.75, 3.05) is 14.2 Å². The fourth-order valence-corrected chi connectivity index (χ4v) is 2.41. The van der Waals surface area contributed by atoms with E-state index in [1.807, 2.05) is 33.0 Å². The zero-order chi connectivity index (χ0) is 13.9. The van der Waals surface area contributed by atoms with E-state index in [1.165, 1.54) is 0 Å². The largest absolute Gasteiger partial charge is 0.496 e. The maximum atomic E-state index is 10.5. The van der Waals surface area contributed by atoms with Crippen LogP contribution in [0.4, 0.5) is 0 Å². The van der Waals surface area contributed by atoms with Crippen LogP contribution in [0.15, 0.2) is 12.1 Å². The number of aliphatic hydroxyl groups excluding tert-OH is 1. The van der Waals surface area contributed by atoms with Crippen molar-refractivity contribution in [3.05, 3.63) is 28.8 Å². The molecule has 0 aliphatic carbocycles. The number of hydrogen-bond donors (Lipinski definition) is 2. The number of aliphatic hydroxyl groups is 1. The molecule has 1 rings (SSSR count). The highest BCUT2D eigenvalue weighted by atomic mass is 16.5. The lowest BCUT2D eigenvalue weighted by Crippen LogP contribution is -2.37. The van der Waals surface area contributed by atoms with Gasteiger partial charge in [-0.15, -0.1) is 0 Å². The van der Waals surface area contributed by atoms with Gasteiger partial charge in [-0.25, -0.2) is 0 Å². The van der Waals surface area contributed by atoms with Crippen LogP contribution in [-0.4, -0.2) is 25.3 Å². The molecule has 0 saturated carbocycles. The minimum Gasteiger partial charge on any atom is -0.496 e. The molecule has 3 nitrogen and oxygen atoms in total. The van der Waals surface area contributed by atoms with E-state index < -0.39 is 6.10 Å². The number of likely N-dealkylation sites (N-methyl/N-ethyl adjacent to an activating group) is 1. The topological polar surface area (TPSA) is 41.5 Å². The second-order valence-corrected chi connectivity index (χ2v) is 5.11. The van der Waals surface area contributed by atoms with Crippen LogP contribution >= 0.6 is 0 Å². The van der Waals surface area contributed by atoms with Gasteiger partial charge in [0.15, 0.2) is 0 Å². The summed E-state index contributed by atoms with van der Waals surface area (Å²) < 4.78 is 5.30. The molecule has 0 amide bonds. The molecule has 0 spiro atoms. The molecule has 3 heteroatoms. The van der Waals surface area contributed by atoms with Gasteiger partial charge in [0.2, 0.25) is 0 Å². The van der Waals surface area contributed by atoms with Crippen LogP contribution in [0, 0.1) is 19.8 Å². The Morgan fingerprint density at radius 3 is 2.22 bits per heavy atom. The van der Waals surface area contributed by atoms with Gasteiger partial charge in [-0.1, -0.05) is 19.9 Å². The predicted molar refractivity (Wildman–Crippen MR) is 75.1 cm³/mol. The van der Waals surface area contributed by atoms with Gasteiger partial charge in [0.1, 0.15) is 5.75 Å². The Kier molecular flexibility index (Phi) is 5.17. The number of rotatable bonds is 5. The standard InChI is InChI=1S/C15H25NO2/c1-9(2)14(16-5)15(17)12-7-8-13(18-6)11(4)10(12)3/h7-9,14-17H,1-6H3. The summed E-state index contributed by atoms with van der Waals surface area (Å²) in [5.74, 6) is 1.24. The van der Waals surface area contributed by atoms with Crippen LogP contribution < -0.4 is 10.1 Å². The molecular formula is C15H25NO2. The summed E-state index contributed by atoms with van der Waals surface area (Å²) in [6.45, 7) is 8.27. The maximum absolute atomic E-state index is 10.5. The molecule has 0 aromatic heterocycles. The number of benzene rings is 1. The number of ether oxygens (including phenoxy) is 1. The molecule has 2 atom stereocenters. The van der Waals surface area contributed by atoms with Crippen molar-refractivity contribution in [1.29, 1.82) is 0 Å². The van der Waals surface area contributed by atoms with Crippen LogP contribution in [0.5, 0.6) is 5.75 Å². The van der Waals surface area contributed by atoms with E-state index in [2.05, 4.69) is 19.2 Å². The number of hydrogen-bond acceptors (Lipinski definition) is 3. The summed E-state index contributed by atoms with van der Waals surface area (Å²) >= 11 is 0. The predicted octanol–water partition coefficient (Wildman–Crippen LogP) is 2.59. The van der Waals surface area contributed by atoms with E-state index in [0.717, 1.165) is 22.4 Å². The van der Waals surface area contributed by atoms with Crippen molar-refractivity contribution in [1.82, 2.24) is 5.32 Å². The Labute approximate surface area is 110 Å². The smallest absolute Gasteiger partial charge is 0.122 e. The van der Waals surface area contributed by atoms with Crippen LogP contribution in [0.2, 0.25) is 0 Å². The molecule has 102 valence electrons. The highest BCUT2D eigenvalue weighted by Gasteiger charge is 2.24. The lowest BCUT2D eigenvalue weighted by Gasteiger charge is -2.28. The summed E-state index contributed by atoms with van der Waals surface area (Å²) in [6, 6.07) is 3.93. The van der Waals surface area contributed by atoms with Crippen molar-refractivity contribution in [3.63, 3.8) is 0 Å². The summed E-state index contributed by atoms with van der Waals surface area (Å²) in [6.07, 6.45) is -0.500. The molecule has 0 saturated heterocycles. The Hall–Kier alpha value is -1.06. The second kappa shape index (κ2) is 6.21. The molecule has 2 N–H and O–H groups in total. The van der Waals surface area contributed by atoms with Gasteiger partial charge in [-0.2, -0.15) is 0 Å². The first-order valence-electron chi connectivity index (χ1n) is 6.43. The summed E-state index contributed by atoms with van der Waals surface area (Å²) in [4.78, 5) is 0. The van der Waals surface area contributed by atoms with Gasteiger partial charge in [0, 0.05) is 6.04 Å². The number of nitrogens with one attached hydrogen (secondary N) is 1. The van der Waals surface area contributed by atoms with E-state index in [9.17, 15) is 5.11 Å². The van der Waals surface area contributed by atoms with Crippen molar-refractivity contribution in [3.8, 4) is 5.75 Å². The maximum Gasteiger partial charge on any atom is 0.122 e. The molecular weight excluding hydrogens is 226 g/mol. The lowest BCUT2D eigenvalue weighted by atomic mass is 9.89. The van der Waals surface area contributed by atoms with Gasteiger partial charge >= 0.3 is 0 Å². The van der Waals surface area contributed by atoms with Crippen molar-refractivity contribution < 1.29 is 9.84 Å². The summed E-state index contributed by atoms with van der Waals surface area (Å²) in [5, 5.41) is 13.7. The van der Waals surface area contributed by atoms with Crippen LogP contribution in [-0.2, 0) is 0 Å². The van der Waals surface area contributed by atoms with Crippen LogP contribution in [0.3, 0.4) is 0 Å². The van der Waals surface area contributed by atoms with Gasteiger partial charge < -0.3 is 15.2 Å². The second-order valence-electron chi connectivity index (χ2n) is 5.11. The Morgan fingerprint density at radius 1 is 1.17 bits per heavy atom. The fraction of sp³-hybridized carbons (Fsp3) is 0.600. The van der Waals surface area contributed by atoms with Gasteiger partial charge in [0.25, 0.3) is 0 Å². The van der Waals surface area contributed by atoms with Crippen molar-refractivity contribution >= 4 is 0 Å². The third kappa shape index (κ3) is 2.85. The zero-order valence-electron chi connectivity index (χ0n) is 12.2. The molecule has 0 radical (unpaired) electrons. The van der Waals surface area contributed by atoms with E-state index >= 15 is 0 Å². The average molecular weight is 251 g/mol. The minimum atomic E-state index is -0.500. The van der Waals surface area contributed by atoms with E-state index in [0.29, 0.717) is 5.92 Å². The van der Waals surface area contributed by atoms with Crippen molar-refractivity contribution in [2.45, 2.75) is 39.8 Å². The molecule has 0 fully saturated rings. The lowest BCUT2D eigenvalue weighted by molar-refractivity contribution is 0.109. The van der Waals surface area contributed by atoms with E-state index in [-0.39, 0.29) is 6.04 Å². The summed E-state index contributed by atoms with van der Waals surface area (Å²) in [7, 11) is 3.56. The molecule has 0 aliphatic rings. The summed E-state index contributed by atoms with van der Waals surface area (Å²) in [5.41, 5.74) is 3.16. The molecule has 2 unspecified atom stereocenters. The van der Waals surface area contributed by atoms with E-state index in [1.54, 1.807) is 7.11 Å². The normalized spacial score (nSPS) is 14.7. The molecule has 18 heavy (non-hydrogen) atoms. The first-order chi connectivity index (χ1) is 8.43. The van der Waals surface area contributed by atoms with Gasteiger partial charge in [-0.3, -0.25) is 0 Å².